The van der Waals surface area contributed by atoms with Gasteiger partial charge in [0.1, 0.15) is 0 Å². The zero-order valence-corrected chi connectivity index (χ0v) is 17.9. The van der Waals surface area contributed by atoms with Crippen molar-refractivity contribution in [1.29, 1.82) is 0 Å². The summed E-state index contributed by atoms with van der Waals surface area (Å²) in [6.45, 7) is 8.50. The van der Waals surface area contributed by atoms with Crippen LogP contribution in [0, 0.1) is 12.8 Å². The third-order valence-electron chi connectivity index (χ3n) is 5.42. The Morgan fingerprint density at radius 3 is 2.36 bits per heavy atom. The fourth-order valence-electron chi connectivity index (χ4n) is 3.45. The van der Waals surface area contributed by atoms with Crippen molar-refractivity contribution < 1.29 is 4.79 Å². The first-order valence-corrected chi connectivity index (χ1v) is 11.5. The summed E-state index contributed by atoms with van der Waals surface area (Å²) in [7, 11) is 0. The number of thioether (sulfide) groups is 1. The first-order chi connectivity index (χ1) is 13.6. The van der Waals surface area contributed by atoms with E-state index in [4.69, 9.17) is 0 Å². The molecule has 1 heterocycles. The largest absolute Gasteiger partial charge is 0.351 e. The van der Waals surface area contributed by atoms with E-state index < -0.39 is 0 Å². The van der Waals surface area contributed by atoms with E-state index in [-0.39, 0.29) is 5.91 Å². The highest BCUT2D eigenvalue weighted by Gasteiger charge is 2.15. The average Bonchev–Trinajstić information content (AvgIpc) is 2.71. The third kappa shape index (κ3) is 6.68. The van der Waals surface area contributed by atoms with Gasteiger partial charge in [-0.2, -0.15) is 11.8 Å². The molecule has 2 aromatic carbocycles. The summed E-state index contributed by atoms with van der Waals surface area (Å²) >= 11 is 1.85. The van der Waals surface area contributed by atoms with Gasteiger partial charge in [0, 0.05) is 30.2 Å². The molecule has 1 saturated heterocycles. The van der Waals surface area contributed by atoms with Crippen LogP contribution in [0.3, 0.4) is 0 Å². The van der Waals surface area contributed by atoms with Gasteiger partial charge in [-0.15, -0.1) is 0 Å². The number of benzene rings is 2. The van der Waals surface area contributed by atoms with E-state index in [1.807, 2.05) is 23.9 Å². The summed E-state index contributed by atoms with van der Waals surface area (Å²) in [5, 5.41) is 3.03. The minimum atomic E-state index is 0.0225. The molecule has 1 N–H and O–H groups in total. The lowest BCUT2D eigenvalue weighted by molar-refractivity contribution is 0.0956. The van der Waals surface area contributed by atoms with E-state index in [0.717, 1.165) is 29.5 Å². The van der Waals surface area contributed by atoms with Crippen LogP contribution >= 0.6 is 11.8 Å². The van der Waals surface area contributed by atoms with Gasteiger partial charge in [-0.1, -0.05) is 48.9 Å². The zero-order chi connectivity index (χ0) is 19.8. The molecule has 1 fully saturated rings. The van der Waals surface area contributed by atoms with E-state index >= 15 is 0 Å². The van der Waals surface area contributed by atoms with Crippen LogP contribution in [0.2, 0.25) is 0 Å². The number of nitrogens with one attached hydrogen (secondary N) is 1. The Morgan fingerprint density at radius 1 is 1.04 bits per heavy atom. The van der Waals surface area contributed by atoms with Crippen molar-refractivity contribution in [2.24, 2.45) is 5.92 Å². The van der Waals surface area contributed by atoms with Gasteiger partial charge in [0.05, 0.1) is 0 Å². The fourth-order valence-corrected chi connectivity index (χ4v) is 4.27. The maximum atomic E-state index is 12.3. The molecule has 0 bridgehead atoms. The van der Waals surface area contributed by atoms with E-state index in [9.17, 15) is 4.79 Å². The van der Waals surface area contributed by atoms with Crippen molar-refractivity contribution in [3.05, 3.63) is 70.8 Å². The molecular weight excluding hydrogens is 364 g/mol. The normalized spacial score (nSPS) is 15.5. The van der Waals surface area contributed by atoms with Gasteiger partial charge in [0.2, 0.25) is 0 Å². The monoisotopic (exact) mass is 396 g/mol. The molecule has 0 aromatic heterocycles. The molecule has 0 unspecified atom stereocenters. The SMILES string of the molecule is Cc1ccc(CSCCNC(=O)c2ccc(CN3CCC(C)CC3)cc2)cc1. The van der Waals surface area contributed by atoms with Crippen molar-refractivity contribution in [2.75, 3.05) is 25.4 Å². The van der Waals surface area contributed by atoms with Crippen molar-refractivity contribution in [1.82, 2.24) is 10.2 Å². The van der Waals surface area contributed by atoms with E-state index in [0.29, 0.717) is 6.54 Å². The predicted molar refractivity (Wildman–Crippen MR) is 120 cm³/mol. The Labute approximate surface area is 173 Å². The molecule has 3 rings (SSSR count). The highest BCUT2D eigenvalue weighted by molar-refractivity contribution is 7.98. The Hall–Kier alpha value is -1.78. The van der Waals surface area contributed by atoms with Gasteiger partial charge in [-0.05, 0) is 62.0 Å². The van der Waals surface area contributed by atoms with E-state index in [1.165, 1.54) is 42.6 Å². The summed E-state index contributed by atoms with van der Waals surface area (Å²) in [4.78, 5) is 14.8. The van der Waals surface area contributed by atoms with Crippen LogP contribution in [0.1, 0.15) is 46.8 Å². The molecule has 0 saturated carbocycles. The van der Waals surface area contributed by atoms with Gasteiger partial charge in [-0.25, -0.2) is 0 Å². The lowest BCUT2D eigenvalue weighted by Gasteiger charge is -2.30. The van der Waals surface area contributed by atoms with Crippen molar-refractivity contribution >= 4 is 17.7 Å². The molecule has 0 aliphatic carbocycles. The topological polar surface area (TPSA) is 32.3 Å². The molecule has 1 aliphatic heterocycles. The first kappa shape index (κ1) is 20.9. The minimum absolute atomic E-state index is 0.0225. The zero-order valence-electron chi connectivity index (χ0n) is 17.1. The van der Waals surface area contributed by atoms with E-state index in [2.05, 4.69) is 60.5 Å². The van der Waals surface area contributed by atoms with Gasteiger partial charge in [-0.3, -0.25) is 9.69 Å². The fraction of sp³-hybridized carbons (Fsp3) is 0.458. The molecule has 2 aromatic rings. The number of nitrogens with zero attached hydrogens (tertiary/aromatic N) is 1. The lowest BCUT2D eigenvalue weighted by Crippen LogP contribution is -2.32. The van der Waals surface area contributed by atoms with Crippen molar-refractivity contribution in [3.8, 4) is 0 Å². The van der Waals surface area contributed by atoms with Gasteiger partial charge >= 0.3 is 0 Å². The smallest absolute Gasteiger partial charge is 0.251 e. The van der Waals surface area contributed by atoms with Crippen LogP contribution in [0.4, 0.5) is 0 Å². The molecule has 1 amide bonds. The Morgan fingerprint density at radius 2 is 1.68 bits per heavy atom. The highest BCUT2D eigenvalue weighted by atomic mass is 32.2. The molecular formula is C24H32N2OS. The maximum absolute atomic E-state index is 12.3. The minimum Gasteiger partial charge on any atom is -0.351 e. The standard InChI is InChI=1S/C24H32N2OS/c1-19-3-5-22(6-4-19)18-28-16-13-25-24(27)23-9-7-21(8-10-23)17-26-14-11-20(2)12-15-26/h3-10,20H,11-18H2,1-2H3,(H,25,27). The summed E-state index contributed by atoms with van der Waals surface area (Å²) in [5.41, 5.74) is 4.66. The molecule has 0 radical (unpaired) electrons. The summed E-state index contributed by atoms with van der Waals surface area (Å²) in [6, 6.07) is 16.7. The molecule has 0 atom stereocenters. The third-order valence-corrected chi connectivity index (χ3v) is 6.45. The van der Waals surface area contributed by atoms with Gasteiger partial charge < -0.3 is 5.32 Å². The van der Waals surface area contributed by atoms with Crippen LogP contribution < -0.4 is 5.32 Å². The Balaban J connectivity index is 1.35. The number of hydrogen-bond acceptors (Lipinski definition) is 3. The van der Waals surface area contributed by atoms with Crippen LogP contribution in [-0.2, 0) is 12.3 Å². The first-order valence-electron chi connectivity index (χ1n) is 10.3. The van der Waals surface area contributed by atoms with Crippen LogP contribution in [-0.4, -0.2) is 36.2 Å². The second-order valence-electron chi connectivity index (χ2n) is 7.95. The number of likely N-dealkylation sites (tertiary alicyclic amines) is 1. The number of aryl methyl sites for hydroxylation is 1. The lowest BCUT2D eigenvalue weighted by atomic mass is 9.99. The van der Waals surface area contributed by atoms with Gasteiger partial charge in [0.15, 0.2) is 0 Å². The average molecular weight is 397 g/mol. The highest BCUT2D eigenvalue weighted by Crippen LogP contribution is 2.18. The number of amides is 1. The molecule has 150 valence electrons. The Kier molecular flexibility index (Phi) is 7.99. The summed E-state index contributed by atoms with van der Waals surface area (Å²) in [6.07, 6.45) is 2.59. The second-order valence-corrected chi connectivity index (χ2v) is 9.05. The molecule has 4 heteroatoms. The number of rotatable bonds is 8. The number of hydrogen-bond donors (Lipinski definition) is 1. The van der Waals surface area contributed by atoms with Crippen LogP contribution in [0.5, 0.6) is 0 Å². The summed E-state index contributed by atoms with van der Waals surface area (Å²) < 4.78 is 0. The number of carbonyl (C=O) groups excluding carboxylic acids is 1. The molecule has 0 spiro atoms. The van der Waals surface area contributed by atoms with Crippen molar-refractivity contribution in [3.63, 3.8) is 0 Å². The number of piperidine rings is 1. The second kappa shape index (κ2) is 10.7. The summed E-state index contributed by atoms with van der Waals surface area (Å²) in [5.74, 6) is 2.79. The molecule has 1 aliphatic rings. The maximum Gasteiger partial charge on any atom is 0.251 e. The Bertz CT molecular complexity index is 734. The molecule has 28 heavy (non-hydrogen) atoms. The van der Waals surface area contributed by atoms with Crippen LogP contribution in [0.25, 0.3) is 0 Å². The van der Waals surface area contributed by atoms with Crippen LogP contribution in [0.15, 0.2) is 48.5 Å². The van der Waals surface area contributed by atoms with Gasteiger partial charge in [0.25, 0.3) is 5.91 Å². The molecule has 3 nitrogen and oxygen atoms in total. The number of carbonyl (C=O) groups is 1. The van der Waals surface area contributed by atoms with Crippen molar-refractivity contribution in [2.45, 2.75) is 39.0 Å². The quantitative estimate of drug-likeness (QED) is 0.645. The predicted octanol–water partition coefficient (Wildman–Crippen LogP) is 4.89. The van der Waals surface area contributed by atoms with E-state index in [1.54, 1.807) is 0 Å².